The van der Waals surface area contributed by atoms with Gasteiger partial charge in [0.05, 0.1) is 19.9 Å². The molecule has 0 unspecified atom stereocenters. The van der Waals surface area contributed by atoms with E-state index < -0.39 is 0 Å². The summed E-state index contributed by atoms with van der Waals surface area (Å²) in [4.78, 5) is 23.9. The van der Waals surface area contributed by atoms with Crippen LogP contribution in [0.1, 0.15) is 23.7 Å². The number of hydrogen-bond donors (Lipinski definition) is 2. The average molecular weight is 328 g/mol. The lowest BCUT2D eigenvalue weighted by Gasteiger charge is -2.13. The van der Waals surface area contributed by atoms with Crippen molar-refractivity contribution in [1.29, 1.82) is 0 Å². The van der Waals surface area contributed by atoms with Gasteiger partial charge in [0.2, 0.25) is 5.91 Å². The van der Waals surface area contributed by atoms with Gasteiger partial charge in [-0.3, -0.25) is 9.59 Å². The Morgan fingerprint density at radius 2 is 1.67 bits per heavy atom. The van der Waals surface area contributed by atoms with E-state index in [1.807, 2.05) is 0 Å². The number of anilines is 2. The van der Waals surface area contributed by atoms with Gasteiger partial charge < -0.3 is 20.1 Å². The van der Waals surface area contributed by atoms with E-state index in [1.54, 1.807) is 56.5 Å². The number of ether oxygens (including phenoxy) is 2. The highest BCUT2D eigenvalue weighted by atomic mass is 16.5. The lowest BCUT2D eigenvalue weighted by Crippen LogP contribution is -2.14. The standard InChI is InChI=1S/C18H20N2O4/c1-4-17(21)19-13-7-10-16(24-3)15(11-13)20-18(22)12-5-8-14(23-2)9-6-12/h5-11H,4H2,1-3H3,(H,19,21)(H,20,22). The van der Waals surface area contributed by atoms with Gasteiger partial charge in [-0.1, -0.05) is 6.92 Å². The van der Waals surface area contributed by atoms with E-state index in [4.69, 9.17) is 9.47 Å². The summed E-state index contributed by atoms with van der Waals surface area (Å²) in [5.41, 5.74) is 1.56. The molecule has 0 atom stereocenters. The third kappa shape index (κ3) is 4.25. The summed E-state index contributed by atoms with van der Waals surface area (Å²) in [5.74, 6) is 0.794. The Balaban J connectivity index is 2.20. The molecule has 2 N–H and O–H groups in total. The lowest BCUT2D eigenvalue weighted by atomic mass is 10.2. The quantitative estimate of drug-likeness (QED) is 0.853. The second kappa shape index (κ2) is 8.01. The van der Waals surface area contributed by atoms with Crippen LogP contribution in [0.5, 0.6) is 11.5 Å². The number of hydrogen-bond acceptors (Lipinski definition) is 4. The molecule has 2 aromatic rings. The van der Waals surface area contributed by atoms with Gasteiger partial charge in [-0.05, 0) is 42.5 Å². The molecular weight excluding hydrogens is 308 g/mol. The largest absolute Gasteiger partial charge is 0.497 e. The molecule has 2 rings (SSSR count). The predicted molar refractivity (Wildman–Crippen MR) is 92.9 cm³/mol. The number of methoxy groups -OCH3 is 2. The highest BCUT2D eigenvalue weighted by Crippen LogP contribution is 2.28. The summed E-state index contributed by atoms with van der Waals surface area (Å²) in [6, 6.07) is 11.8. The predicted octanol–water partition coefficient (Wildman–Crippen LogP) is 3.30. The van der Waals surface area contributed by atoms with Crippen molar-refractivity contribution in [2.45, 2.75) is 13.3 Å². The van der Waals surface area contributed by atoms with Crippen LogP contribution in [0.15, 0.2) is 42.5 Å². The number of nitrogens with one attached hydrogen (secondary N) is 2. The van der Waals surface area contributed by atoms with Crippen molar-refractivity contribution >= 4 is 23.2 Å². The number of carbonyl (C=O) groups is 2. The molecule has 6 heteroatoms. The van der Waals surface area contributed by atoms with E-state index >= 15 is 0 Å². The van der Waals surface area contributed by atoms with Crippen molar-refractivity contribution in [2.75, 3.05) is 24.9 Å². The monoisotopic (exact) mass is 328 g/mol. The third-order valence-electron chi connectivity index (χ3n) is 3.40. The van der Waals surface area contributed by atoms with Gasteiger partial charge in [0.15, 0.2) is 0 Å². The summed E-state index contributed by atoms with van der Waals surface area (Å²) in [6.45, 7) is 1.77. The second-order valence-corrected chi connectivity index (χ2v) is 5.00. The zero-order valence-electron chi connectivity index (χ0n) is 13.9. The van der Waals surface area contributed by atoms with Crippen molar-refractivity contribution in [3.63, 3.8) is 0 Å². The van der Waals surface area contributed by atoms with E-state index in [-0.39, 0.29) is 11.8 Å². The number of rotatable bonds is 6. The van der Waals surface area contributed by atoms with Crippen molar-refractivity contribution in [3.05, 3.63) is 48.0 Å². The molecule has 126 valence electrons. The molecule has 0 aliphatic rings. The second-order valence-electron chi connectivity index (χ2n) is 5.00. The van der Waals surface area contributed by atoms with Crippen LogP contribution in [-0.4, -0.2) is 26.0 Å². The molecule has 0 saturated heterocycles. The minimum atomic E-state index is -0.282. The zero-order valence-corrected chi connectivity index (χ0v) is 13.9. The lowest BCUT2D eigenvalue weighted by molar-refractivity contribution is -0.115. The Hall–Kier alpha value is -3.02. The number of amides is 2. The maximum absolute atomic E-state index is 12.4. The van der Waals surface area contributed by atoms with Crippen LogP contribution in [0, 0.1) is 0 Å². The molecule has 0 heterocycles. The van der Waals surface area contributed by atoms with Crippen molar-refractivity contribution < 1.29 is 19.1 Å². The average Bonchev–Trinajstić information content (AvgIpc) is 2.62. The fourth-order valence-electron chi connectivity index (χ4n) is 2.07. The summed E-state index contributed by atoms with van der Waals surface area (Å²) in [7, 11) is 3.08. The Labute approximate surface area is 140 Å². The van der Waals surface area contributed by atoms with E-state index in [2.05, 4.69) is 10.6 Å². The van der Waals surface area contributed by atoms with Crippen molar-refractivity contribution in [2.24, 2.45) is 0 Å². The Kier molecular flexibility index (Phi) is 5.78. The minimum absolute atomic E-state index is 0.104. The summed E-state index contributed by atoms with van der Waals surface area (Å²) in [6.07, 6.45) is 0.375. The van der Waals surface area contributed by atoms with E-state index in [9.17, 15) is 9.59 Å². The van der Waals surface area contributed by atoms with Gasteiger partial charge in [0.25, 0.3) is 5.91 Å². The molecule has 0 saturated carbocycles. The maximum atomic E-state index is 12.4. The van der Waals surface area contributed by atoms with Crippen LogP contribution < -0.4 is 20.1 Å². The van der Waals surface area contributed by atoms with Crippen LogP contribution >= 0.6 is 0 Å². The number of benzene rings is 2. The van der Waals surface area contributed by atoms with E-state index in [1.165, 1.54) is 7.11 Å². The molecule has 0 fully saturated rings. The van der Waals surface area contributed by atoms with Crippen LogP contribution in [-0.2, 0) is 4.79 Å². The molecule has 2 aromatic carbocycles. The van der Waals surface area contributed by atoms with Crippen molar-refractivity contribution in [3.8, 4) is 11.5 Å². The molecule has 6 nitrogen and oxygen atoms in total. The fraction of sp³-hybridized carbons (Fsp3) is 0.222. The Morgan fingerprint density at radius 3 is 2.25 bits per heavy atom. The van der Waals surface area contributed by atoms with Crippen LogP contribution in [0.3, 0.4) is 0 Å². The zero-order chi connectivity index (χ0) is 17.5. The van der Waals surface area contributed by atoms with Gasteiger partial charge in [0.1, 0.15) is 11.5 Å². The number of carbonyl (C=O) groups excluding carboxylic acids is 2. The maximum Gasteiger partial charge on any atom is 0.255 e. The van der Waals surface area contributed by atoms with Gasteiger partial charge in [0, 0.05) is 17.7 Å². The summed E-state index contributed by atoms with van der Waals surface area (Å²) < 4.78 is 10.3. The Morgan fingerprint density at radius 1 is 0.958 bits per heavy atom. The van der Waals surface area contributed by atoms with Gasteiger partial charge >= 0.3 is 0 Å². The molecule has 0 aliphatic heterocycles. The fourth-order valence-corrected chi connectivity index (χ4v) is 2.07. The van der Waals surface area contributed by atoms with Gasteiger partial charge in [-0.15, -0.1) is 0 Å². The van der Waals surface area contributed by atoms with Crippen LogP contribution in [0.4, 0.5) is 11.4 Å². The first kappa shape index (κ1) is 17.3. The van der Waals surface area contributed by atoms with E-state index in [0.29, 0.717) is 34.9 Å². The summed E-state index contributed by atoms with van der Waals surface area (Å²) in [5, 5.41) is 5.54. The third-order valence-corrected chi connectivity index (χ3v) is 3.40. The molecule has 0 aromatic heterocycles. The molecule has 2 amide bonds. The first-order chi connectivity index (χ1) is 11.6. The van der Waals surface area contributed by atoms with Crippen molar-refractivity contribution in [1.82, 2.24) is 0 Å². The highest BCUT2D eigenvalue weighted by Gasteiger charge is 2.11. The van der Waals surface area contributed by atoms with Crippen LogP contribution in [0.2, 0.25) is 0 Å². The highest BCUT2D eigenvalue weighted by molar-refractivity contribution is 6.05. The smallest absolute Gasteiger partial charge is 0.255 e. The van der Waals surface area contributed by atoms with Gasteiger partial charge in [-0.2, -0.15) is 0 Å². The first-order valence-corrected chi connectivity index (χ1v) is 7.50. The summed E-state index contributed by atoms with van der Waals surface area (Å²) >= 11 is 0. The van der Waals surface area contributed by atoms with E-state index in [0.717, 1.165) is 0 Å². The minimum Gasteiger partial charge on any atom is -0.497 e. The molecule has 24 heavy (non-hydrogen) atoms. The SMILES string of the molecule is CCC(=O)Nc1ccc(OC)c(NC(=O)c2ccc(OC)cc2)c1. The topological polar surface area (TPSA) is 76.7 Å². The molecule has 0 bridgehead atoms. The molecule has 0 aliphatic carbocycles. The van der Waals surface area contributed by atoms with Gasteiger partial charge in [-0.25, -0.2) is 0 Å². The molecular formula is C18H20N2O4. The molecule has 0 spiro atoms. The van der Waals surface area contributed by atoms with Crippen LogP contribution in [0.25, 0.3) is 0 Å². The first-order valence-electron chi connectivity index (χ1n) is 7.50. The normalized spacial score (nSPS) is 9.96. The molecule has 0 radical (unpaired) electrons. The Bertz CT molecular complexity index is 726.